The van der Waals surface area contributed by atoms with Crippen LogP contribution in [0.15, 0.2) is 62.7 Å². The first-order chi connectivity index (χ1) is 17.5. The van der Waals surface area contributed by atoms with Crippen LogP contribution < -0.4 is 16.4 Å². The van der Waals surface area contributed by atoms with Gasteiger partial charge >= 0.3 is 0 Å². The molecule has 5 aliphatic rings. The number of halogens is 1. The van der Waals surface area contributed by atoms with E-state index >= 15 is 0 Å². The molecule has 1 aromatic rings. The standard InChI is InChI=1S/C26H31ClN8S/c1-29-15-22-32-18-13-26(14-19(18)36-22)7-11-35(12-8-26)21-6-10-31-25-17(3-4-20(33-21)34(25)2)16-5-9-30-24(28)23(16)27/h3-6,9-10,22,29,32H,7-8,11-15H2,1-2H3,(H2,28,30). The Morgan fingerprint density at radius 1 is 1.28 bits per heavy atom. The summed E-state index contributed by atoms with van der Waals surface area (Å²) in [6.45, 7) is 3.02. The summed E-state index contributed by atoms with van der Waals surface area (Å²) in [5.74, 6) is 2.92. The summed E-state index contributed by atoms with van der Waals surface area (Å²) in [5, 5.41) is 7.95. The van der Waals surface area contributed by atoms with E-state index in [0.29, 0.717) is 21.6 Å². The number of nitrogens with zero attached hydrogens (tertiary/aromatic N) is 5. The van der Waals surface area contributed by atoms with Gasteiger partial charge in [0, 0.05) is 60.8 Å². The second kappa shape index (κ2) is 9.28. The summed E-state index contributed by atoms with van der Waals surface area (Å²) in [4.78, 5) is 19.9. The SMILES string of the molecule is CNCC1NC2=C(CC3(CCN(C4=CC=NC5=C(c6ccnc(N)c6Cl)C=CC(=N4)N5C)CC3)C2)S1. The Bertz CT molecular complexity index is 1250. The van der Waals surface area contributed by atoms with Crippen LogP contribution in [0.25, 0.3) is 5.57 Å². The Kier molecular flexibility index (Phi) is 6.09. The largest absolute Gasteiger partial charge is 0.382 e. The van der Waals surface area contributed by atoms with Gasteiger partial charge in [0.2, 0.25) is 0 Å². The third-order valence-electron chi connectivity index (χ3n) is 7.74. The van der Waals surface area contributed by atoms with Crippen LogP contribution >= 0.6 is 23.4 Å². The van der Waals surface area contributed by atoms with E-state index in [-0.39, 0.29) is 0 Å². The summed E-state index contributed by atoms with van der Waals surface area (Å²) in [6.07, 6.45) is 14.3. The number of allylic oxidation sites excluding steroid dienone is 5. The fraction of sp³-hybridized carbons (Fsp3) is 0.423. The van der Waals surface area contributed by atoms with E-state index < -0.39 is 0 Å². The van der Waals surface area contributed by atoms with Crippen LogP contribution in [0.5, 0.6) is 0 Å². The molecule has 0 aromatic carbocycles. The van der Waals surface area contributed by atoms with Crippen molar-refractivity contribution in [3.8, 4) is 0 Å². The third kappa shape index (κ3) is 4.13. The molecule has 0 radical (unpaired) electrons. The maximum absolute atomic E-state index is 6.47. The highest BCUT2D eigenvalue weighted by atomic mass is 35.5. The minimum atomic E-state index is 0.313. The van der Waals surface area contributed by atoms with Crippen LogP contribution in [0.4, 0.5) is 5.82 Å². The number of thioether (sulfide) groups is 1. The lowest BCUT2D eigenvalue weighted by Crippen LogP contribution is -2.40. The molecule has 8 nitrogen and oxygen atoms in total. The van der Waals surface area contributed by atoms with Gasteiger partial charge in [-0.3, -0.25) is 0 Å². The first-order valence-electron chi connectivity index (χ1n) is 12.4. The first kappa shape index (κ1) is 23.6. The van der Waals surface area contributed by atoms with Gasteiger partial charge in [-0.2, -0.15) is 0 Å². The van der Waals surface area contributed by atoms with Crippen LogP contribution in [-0.2, 0) is 0 Å². The van der Waals surface area contributed by atoms with Gasteiger partial charge in [0.05, 0.1) is 10.4 Å². The van der Waals surface area contributed by atoms with Gasteiger partial charge in [-0.25, -0.2) is 15.0 Å². The number of nitrogens with one attached hydrogen (secondary N) is 2. The molecule has 1 atom stereocenters. The highest BCUT2D eigenvalue weighted by Crippen LogP contribution is 2.54. The lowest BCUT2D eigenvalue weighted by Gasteiger charge is -2.41. The fourth-order valence-corrected chi connectivity index (χ4v) is 7.42. The molecule has 1 aromatic heterocycles. The van der Waals surface area contributed by atoms with Crippen molar-refractivity contribution in [2.75, 3.05) is 39.5 Å². The molecule has 4 N–H and O–H groups in total. The van der Waals surface area contributed by atoms with Gasteiger partial charge in [0.1, 0.15) is 23.3 Å². The maximum Gasteiger partial charge on any atom is 0.142 e. The zero-order valence-corrected chi connectivity index (χ0v) is 22.2. The minimum absolute atomic E-state index is 0.313. The molecular weight excluding hydrogens is 492 g/mol. The minimum Gasteiger partial charge on any atom is -0.382 e. The van der Waals surface area contributed by atoms with Crippen molar-refractivity contribution in [2.24, 2.45) is 15.4 Å². The molecule has 5 heterocycles. The van der Waals surface area contributed by atoms with Gasteiger partial charge in [0.15, 0.2) is 0 Å². The van der Waals surface area contributed by atoms with E-state index in [1.54, 1.807) is 11.1 Å². The number of likely N-dealkylation sites (N-methyl/N-ethyl adjacent to an activating group) is 2. The molecule has 0 saturated carbocycles. The molecule has 36 heavy (non-hydrogen) atoms. The van der Waals surface area contributed by atoms with Crippen molar-refractivity contribution in [3.63, 3.8) is 0 Å². The van der Waals surface area contributed by atoms with E-state index in [0.717, 1.165) is 48.2 Å². The normalized spacial score (nSPS) is 24.6. The highest BCUT2D eigenvalue weighted by molar-refractivity contribution is 8.03. The van der Waals surface area contributed by atoms with E-state index in [1.165, 1.54) is 31.4 Å². The molecule has 4 aliphatic heterocycles. The molecule has 1 aliphatic carbocycles. The number of rotatable bonds is 4. The van der Waals surface area contributed by atoms with Crippen molar-refractivity contribution in [2.45, 2.75) is 31.1 Å². The molecule has 1 saturated heterocycles. The van der Waals surface area contributed by atoms with Crippen LogP contribution in [-0.4, -0.2) is 65.9 Å². The quantitative estimate of drug-likeness (QED) is 0.554. The average molecular weight is 523 g/mol. The number of piperidine rings is 1. The van der Waals surface area contributed by atoms with Crippen molar-refractivity contribution < 1.29 is 0 Å². The Balaban J connectivity index is 1.18. The summed E-state index contributed by atoms with van der Waals surface area (Å²) in [6, 6.07) is 1.86. The van der Waals surface area contributed by atoms with Gasteiger partial charge in [-0.05, 0) is 62.4 Å². The molecule has 188 valence electrons. The van der Waals surface area contributed by atoms with E-state index in [4.69, 9.17) is 27.3 Å². The second-order valence-corrected chi connectivity index (χ2v) is 11.7. The molecular formula is C26H31ClN8S. The van der Waals surface area contributed by atoms with Gasteiger partial charge in [-0.1, -0.05) is 11.6 Å². The number of fused-ring (bicyclic) bond motifs is 2. The van der Waals surface area contributed by atoms with Crippen molar-refractivity contribution in [3.05, 3.63) is 63.3 Å². The number of aliphatic imine (C=N–C) groups is 2. The van der Waals surface area contributed by atoms with Crippen LogP contribution in [0, 0.1) is 5.41 Å². The highest BCUT2D eigenvalue weighted by Gasteiger charge is 2.44. The predicted molar refractivity (Wildman–Crippen MR) is 149 cm³/mol. The maximum atomic E-state index is 6.47. The van der Waals surface area contributed by atoms with Crippen LogP contribution in [0.2, 0.25) is 5.02 Å². The van der Waals surface area contributed by atoms with Gasteiger partial charge in [-0.15, -0.1) is 11.8 Å². The van der Waals surface area contributed by atoms with Gasteiger partial charge < -0.3 is 26.2 Å². The van der Waals surface area contributed by atoms with E-state index in [9.17, 15) is 0 Å². The lowest BCUT2D eigenvalue weighted by molar-refractivity contribution is 0.134. The zero-order valence-electron chi connectivity index (χ0n) is 20.6. The number of hydrogen-bond donors (Lipinski definition) is 3. The first-order valence-corrected chi connectivity index (χ1v) is 13.7. The predicted octanol–water partition coefficient (Wildman–Crippen LogP) is 3.78. The summed E-state index contributed by atoms with van der Waals surface area (Å²) < 4.78 is 0. The molecule has 1 unspecified atom stereocenters. The monoisotopic (exact) mass is 522 g/mol. The average Bonchev–Trinajstić information content (AvgIpc) is 3.38. The zero-order chi connectivity index (χ0) is 24.9. The third-order valence-corrected chi connectivity index (χ3v) is 9.38. The number of nitrogen functional groups attached to an aromatic ring is 1. The number of nitrogens with two attached hydrogens (primary N) is 1. The Labute approximate surface area is 221 Å². The Hall–Kier alpha value is -2.75. The van der Waals surface area contributed by atoms with Crippen molar-refractivity contribution in [1.29, 1.82) is 0 Å². The van der Waals surface area contributed by atoms with Gasteiger partial charge in [0.25, 0.3) is 0 Å². The smallest absolute Gasteiger partial charge is 0.142 e. The number of pyridine rings is 1. The summed E-state index contributed by atoms with van der Waals surface area (Å²) in [7, 11) is 4.00. The van der Waals surface area contributed by atoms with Crippen molar-refractivity contribution in [1.82, 2.24) is 25.4 Å². The number of anilines is 1. The Morgan fingerprint density at radius 2 is 2.11 bits per heavy atom. The summed E-state index contributed by atoms with van der Waals surface area (Å²) >= 11 is 8.49. The molecule has 1 spiro atoms. The molecule has 1 fully saturated rings. The number of aromatic nitrogens is 1. The molecule has 6 rings (SSSR count). The van der Waals surface area contributed by atoms with E-state index in [1.807, 2.05) is 61.3 Å². The summed E-state index contributed by atoms with van der Waals surface area (Å²) in [5.41, 5.74) is 9.54. The fourth-order valence-electron chi connectivity index (χ4n) is 5.75. The molecule has 0 amide bonds. The second-order valence-electron chi connectivity index (χ2n) is 10.0. The number of hydrogen-bond acceptors (Lipinski definition) is 9. The van der Waals surface area contributed by atoms with Crippen molar-refractivity contribution >= 4 is 46.8 Å². The van der Waals surface area contributed by atoms with E-state index in [2.05, 4.69) is 20.5 Å². The lowest BCUT2D eigenvalue weighted by atomic mass is 9.76. The van der Waals surface area contributed by atoms with Crippen LogP contribution in [0.3, 0.4) is 0 Å². The number of amidine groups is 1. The number of likely N-dealkylation sites (tertiary alicyclic amines) is 1. The molecule has 2 bridgehead atoms. The topological polar surface area (TPSA) is 94.2 Å². The Morgan fingerprint density at radius 3 is 2.89 bits per heavy atom. The molecule has 10 heteroatoms. The van der Waals surface area contributed by atoms with Crippen LogP contribution in [0.1, 0.15) is 31.2 Å².